The molecular formula is C23H35N3O5. The van der Waals surface area contributed by atoms with Gasteiger partial charge in [0, 0.05) is 25.4 Å². The van der Waals surface area contributed by atoms with Gasteiger partial charge < -0.3 is 24.3 Å². The first-order valence-corrected chi connectivity index (χ1v) is 10.8. The second kappa shape index (κ2) is 14.7. The van der Waals surface area contributed by atoms with Crippen LogP contribution in [0.1, 0.15) is 41.4 Å². The van der Waals surface area contributed by atoms with Gasteiger partial charge in [-0.1, -0.05) is 19.1 Å². The summed E-state index contributed by atoms with van der Waals surface area (Å²) in [4.78, 5) is 12.3. The van der Waals surface area contributed by atoms with E-state index in [1.807, 2.05) is 35.1 Å². The third kappa shape index (κ3) is 9.18. The van der Waals surface area contributed by atoms with E-state index in [-0.39, 0.29) is 11.9 Å². The lowest BCUT2D eigenvalue weighted by Crippen LogP contribution is -2.27. The molecule has 8 heteroatoms. The number of nitrogens with one attached hydrogen (secondary N) is 1. The monoisotopic (exact) mass is 433 g/mol. The molecule has 31 heavy (non-hydrogen) atoms. The summed E-state index contributed by atoms with van der Waals surface area (Å²) >= 11 is 0. The molecule has 1 aromatic heterocycles. The molecule has 0 bridgehead atoms. The van der Waals surface area contributed by atoms with Crippen LogP contribution in [0.3, 0.4) is 0 Å². The second-order valence-electron chi connectivity index (χ2n) is 7.07. The lowest BCUT2D eigenvalue weighted by Gasteiger charge is -2.13. The minimum atomic E-state index is -0.111. The van der Waals surface area contributed by atoms with Gasteiger partial charge in [-0.05, 0) is 36.6 Å². The molecule has 0 aliphatic rings. The van der Waals surface area contributed by atoms with Crippen LogP contribution in [0.25, 0.3) is 0 Å². The Bertz CT molecular complexity index is 748. The number of carbonyl (C=O) groups excluding carboxylic acids is 1. The van der Waals surface area contributed by atoms with Crippen LogP contribution in [0, 0.1) is 0 Å². The first-order valence-electron chi connectivity index (χ1n) is 10.8. The summed E-state index contributed by atoms with van der Waals surface area (Å²) in [5.41, 5.74) is 2.95. The van der Waals surface area contributed by atoms with Crippen LogP contribution in [0.5, 0.6) is 0 Å². The van der Waals surface area contributed by atoms with Gasteiger partial charge in [0.2, 0.25) is 0 Å². The molecule has 1 aromatic carbocycles. The summed E-state index contributed by atoms with van der Waals surface area (Å²) in [6, 6.07) is 7.74. The highest BCUT2D eigenvalue weighted by Crippen LogP contribution is 2.18. The van der Waals surface area contributed by atoms with Gasteiger partial charge in [0.05, 0.1) is 58.5 Å². The molecule has 1 N–H and O–H groups in total. The number of nitrogens with zero attached hydrogens (tertiary/aromatic N) is 2. The van der Waals surface area contributed by atoms with Gasteiger partial charge in [-0.25, -0.2) is 0 Å². The van der Waals surface area contributed by atoms with Crippen molar-refractivity contribution < 1.29 is 23.7 Å². The summed E-state index contributed by atoms with van der Waals surface area (Å²) < 4.78 is 23.0. The fourth-order valence-electron chi connectivity index (χ4n) is 2.86. The number of methoxy groups -OCH3 is 1. The number of hydrogen-bond donors (Lipinski definition) is 1. The van der Waals surface area contributed by atoms with Crippen LogP contribution < -0.4 is 5.32 Å². The van der Waals surface area contributed by atoms with Crippen molar-refractivity contribution in [2.24, 2.45) is 0 Å². The summed E-state index contributed by atoms with van der Waals surface area (Å²) in [5.74, 6) is -0.111. The van der Waals surface area contributed by atoms with Crippen molar-refractivity contribution >= 4 is 5.91 Å². The van der Waals surface area contributed by atoms with Crippen LogP contribution in [0.4, 0.5) is 0 Å². The first kappa shape index (κ1) is 25.0. The third-order valence-corrected chi connectivity index (χ3v) is 4.82. The van der Waals surface area contributed by atoms with E-state index < -0.39 is 0 Å². The van der Waals surface area contributed by atoms with Gasteiger partial charge in [-0.15, -0.1) is 0 Å². The number of benzene rings is 1. The van der Waals surface area contributed by atoms with E-state index in [0.717, 1.165) is 12.0 Å². The predicted octanol–water partition coefficient (Wildman–Crippen LogP) is 2.48. The fraction of sp³-hybridized carbons (Fsp3) is 0.565. The number of carbonyl (C=O) groups is 1. The van der Waals surface area contributed by atoms with Gasteiger partial charge in [-0.2, -0.15) is 5.10 Å². The molecule has 0 aliphatic carbocycles. The van der Waals surface area contributed by atoms with E-state index in [1.54, 1.807) is 7.11 Å². The maximum atomic E-state index is 12.3. The lowest BCUT2D eigenvalue weighted by molar-refractivity contribution is 0.00415. The molecule has 1 atom stereocenters. The van der Waals surface area contributed by atoms with Crippen LogP contribution in [-0.2, 0) is 25.4 Å². The Balaban J connectivity index is 1.58. The molecule has 0 aliphatic heterocycles. The van der Waals surface area contributed by atoms with Crippen LogP contribution in [-0.4, -0.2) is 75.6 Å². The molecule has 0 saturated heterocycles. The normalized spacial score (nSPS) is 12.1. The van der Waals surface area contributed by atoms with Crippen molar-refractivity contribution in [3.63, 3.8) is 0 Å². The Morgan fingerprint density at radius 3 is 2.19 bits per heavy atom. The average Bonchev–Trinajstić information content (AvgIpc) is 3.28. The Hall–Kier alpha value is -2.26. The minimum absolute atomic E-state index is 0.111. The maximum absolute atomic E-state index is 12.3. The topological polar surface area (TPSA) is 83.8 Å². The Morgan fingerprint density at radius 1 is 1.00 bits per heavy atom. The molecule has 0 fully saturated rings. The molecule has 2 rings (SSSR count). The zero-order valence-electron chi connectivity index (χ0n) is 18.8. The molecule has 1 heterocycles. The number of aromatic nitrogens is 2. The van der Waals surface area contributed by atoms with Gasteiger partial charge in [0.1, 0.15) is 0 Å². The molecule has 172 valence electrons. The number of ether oxygens (including phenoxy) is 4. The lowest BCUT2D eigenvalue weighted by atomic mass is 10.1. The Labute approximate surface area is 184 Å². The minimum Gasteiger partial charge on any atom is -0.382 e. The van der Waals surface area contributed by atoms with Gasteiger partial charge in [-0.3, -0.25) is 9.48 Å². The van der Waals surface area contributed by atoms with Gasteiger partial charge in [0.25, 0.3) is 5.91 Å². The zero-order chi connectivity index (χ0) is 22.3. The van der Waals surface area contributed by atoms with Crippen LogP contribution in [0.15, 0.2) is 36.7 Å². The molecule has 0 saturated carbocycles. The first-order chi connectivity index (χ1) is 15.2. The van der Waals surface area contributed by atoms with Gasteiger partial charge >= 0.3 is 0 Å². The quantitative estimate of drug-likeness (QED) is 0.410. The predicted molar refractivity (Wildman–Crippen MR) is 119 cm³/mol. The molecule has 8 nitrogen and oxygen atoms in total. The van der Waals surface area contributed by atoms with Crippen molar-refractivity contribution in [1.29, 1.82) is 0 Å². The smallest absolute Gasteiger partial charge is 0.251 e. The standard InChI is InChI=1S/C23H35N3O5/c1-4-20-17-25-26(18-20)19(2)21-5-7-22(8-6-21)23(27)24-9-10-29-13-14-31-16-15-30-12-11-28-3/h5-8,17-19H,4,9-16H2,1-3H3,(H,24,27). The molecule has 0 radical (unpaired) electrons. The van der Waals surface area contributed by atoms with E-state index >= 15 is 0 Å². The molecule has 1 amide bonds. The van der Waals surface area contributed by atoms with E-state index in [2.05, 4.69) is 30.5 Å². The van der Waals surface area contributed by atoms with Crippen molar-refractivity contribution in [2.75, 3.05) is 59.9 Å². The van der Waals surface area contributed by atoms with Crippen LogP contribution in [0.2, 0.25) is 0 Å². The number of hydrogen-bond acceptors (Lipinski definition) is 6. The Kier molecular flexibility index (Phi) is 11.9. The molecule has 1 unspecified atom stereocenters. The zero-order valence-corrected chi connectivity index (χ0v) is 18.8. The van der Waals surface area contributed by atoms with Gasteiger partial charge in [0.15, 0.2) is 0 Å². The van der Waals surface area contributed by atoms with Crippen molar-refractivity contribution in [2.45, 2.75) is 26.3 Å². The largest absolute Gasteiger partial charge is 0.382 e. The van der Waals surface area contributed by atoms with Crippen molar-refractivity contribution in [1.82, 2.24) is 15.1 Å². The Morgan fingerprint density at radius 2 is 1.61 bits per heavy atom. The fourth-order valence-corrected chi connectivity index (χ4v) is 2.86. The number of aryl methyl sites for hydroxylation is 1. The summed E-state index contributed by atoms with van der Waals surface area (Å²) in [7, 11) is 1.64. The summed E-state index contributed by atoms with van der Waals surface area (Å²) in [5, 5.41) is 7.29. The number of rotatable bonds is 16. The number of amides is 1. The highest BCUT2D eigenvalue weighted by atomic mass is 16.6. The van der Waals surface area contributed by atoms with E-state index in [4.69, 9.17) is 18.9 Å². The molecular weight excluding hydrogens is 398 g/mol. The maximum Gasteiger partial charge on any atom is 0.251 e. The molecule has 2 aromatic rings. The van der Waals surface area contributed by atoms with E-state index in [1.165, 1.54) is 5.56 Å². The highest BCUT2D eigenvalue weighted by Gasteiger charge is 2.11. The average molecular weight is 434 g/mol. The third-order valence-electron chi connectivity index (χ3n) is 4.82. The van der Waals surface area contributed by atoms with Crippen LogP contribution >= 0.6 is 0 Å². The van der Waals surface area contributed by atoms with Crippen molar-refractivity contribution in [3.05, 3.63) is 53.3 Å². The SMILES string of the molecule is CCc1cnn(C(C)c2ccc(C(=O)NCCOCCOCCOCCOC)cc2)c1. The second-order valence-corrected chi connectivity index (χ2v) is 7.07. The summed E-state index contributed by atoms with van der Waals surface area (Å²) in [6.07, 6.45) is 4.92. The summed E-state index contributed by atoms with van der Waals surface area (Å²) in [6.45, 7) is 8.29. The van der Waals surface area contributed by atoms with Crippen molar-refractivity contribution in [3.8, 4) is 0 Å². The molecule has 0 spiro atoms. The van der Waals surface area contributed by atoms with E-state index in [0.29, 0.717) is 58.4 Å². The van der Waals surface area contributed by atoms with E-state index in [9.17, 15) is 4.79 Å². The highest BCUT2D eigenvalue weighted by molar-refractivity contribution is 5.94.